The van der Waals surface area contributed by atoms with Crippen molar-refractivity contribution in [1.82, 2.24) is 4.90 Å². The van der Waals surface area contributed by atoms with Gasteiger partial charge >= 0.3 is 0 Å². The molecule has 1 rings (SSSR count). The van der Waals surface area contributed by atoms with Crippen LogP contribution in [0.15, 0.2) is 0 Å². The minimum absolute atomic E-state index is 0.626. The second kappa shape index (κ2) is 5.45. The van der Waals surface area contributed by atoms with Crippen LogP contribution in [0.25, 0.3) is 0 Å². The number of nitrogens with zero attached hydrogens (tertiary/aromatic N) is 2. The van der Waals surface area contributed by atoms with Gasteiger partial charge in [0, 0.05) is 26.3 Å². The van der Waals surface area contributed by atoms with Gasteiger partial charge in [-0.15, -0.1) is 0 Å². The molecule has 0 amide bonds. The van der Waals surface area contributed by atoms with E-state index in [9.17, 15) is 0 Å². The van der Waals surface area contributed by atoms with Crippen molar-refractivity contribution in [2.24, 2.45) is 11.7 Å². The largest absolute Gasteiger partial charge is 0.381 e. The van der Waals surface area contributed by atoms with Gasteiger partial charge < -0.3 is 15.4 Å². The quantitative estimate of drug-likeness (QED) is 0.739. The molecule has 1 aliphatic heterocycles. The van der Waals surface area contributed by atoms with Crippen molar-refractivity contribution in [3.63, 3.8) is 0 Å². The summed E-state index contributed by atoms with van der Waals surface area (Å²) in [6, 6.07) is 2.12. The average molecular weight is 211 g/mol. The molecule has 0 radical (unpaired) electrons. The first-order chi connectivity index (χ1) is 7.03. The molecule has 1 saturated heterocycles. The van der Waals surface area contributed by atoms with Crippen molar-refractivity contribution in [1.29, 1.82) is 5.26 Å². The fourth-order valence-corrected chi connectivity index (χ4v) is 2.03. The zero-order valence-electron chi connectivity index (χ0n) is 9.70. The molecule has 0 aromatic heterocycles. The summed E-state index contributed by atoms with van der Waals surface area (Å²) in [5.74, 6) is 0.693. The van der Waals surface area contributed by atoms with Crippen molar-refractivity contribution in [2.45, 2.75) is 25.3 Å². The van der Waals surface area contributed by atoms with Gasteiger partial charge in [-0.1, -0.05) is 0 Å². The zero-order valence-corrected chi connectivity index (χ0v) is 9.70. The summed E-state index contributed by atoms with van der Waals surface area (Å²) in [6.07, 6.45) is 2.25. The highest BCUT2D eigenvalue weighted by Gasteiger charge is 2.22. The first-order valence-corrected chi connectivity index (χ1v) is 5.50. The molecule has 0 aromatic carbocycles. The average Bonchev–Trinajstić information content (AvgIpc) is 2.18. The van der Waals surface area contributed by atoms with E-state index < -0.39 is 5.54 Å². The molecule has 86 valence electrons. The number of hydrogen-bond donors (Lipinski definition) is 1. The molecule has 1 aliphatic rings. The summed E-state index contributed by atoms with van der Waals surface area (Å²) in [4.78, 5) is 2.15. The number of ether oxygens (including phenoxy) is 1. The monoisotopic (exact) mass is 211 g/mol. The predicted octanol–water partition coefficient (Wildman–Crippen LogP) is 0.586. The molecular formula is C11H21N3O. The van der Waals surface area contributed by atoms with Crippen LogP contribution < -0.4 is 5.73 Å². The Bertz CT molecular complexity index is 228. The summed E-state index contributed by atoms with van der Waals surface area (Å²) in [6.45, 7) is 5.15. The molecule has 1 fully saturated rings. The van der Waals surface area contributed by atoms with Gasteiger partial charge in [0.25, 0.3) is 0 Å². The van der Waals surface area contributed by atoms with E-state index in [0.717, 1.165) is 32.6 Å². The van der Waals surface area contributed by atoms with Gasteiger partial charge in [-0.05, 0) is 32.7 Å². The third kappa shape index (κ3) is 4.61. The van der Waals surface area contributed by atoms with E-state index in [4.69, 9.17) is 15.7 Å². The Kier molecular flexibility index (Phi) is 4.52. The Hall–Kier alpha value is -0.630. The van der Waals surface area contributed by atoms with Crippen molar-refractivity contribution in [2.75, 3.05) is 33.4 Å². The number of hydrogen-bond acceptors (Lipinski definition) is 4. The lowest BCUT2D eigenvalue weighted by atomic mass is 9.98. The fraction of sp³-hybridized carbons (Fsp3) is 0.909. The minimum Gasteiger partial charge on any atom is -0.381 e. The van der Waals surface area contributed by atoms with Gasteiger partial charge in [-0.3, -0.25) is 0 Å². The molecule has 0 spiro atoms. The second-order valence-electron chi connectivity index (χ2n) is 4.78. The van der Waals surface area contributed by atoms with Gasteiger partial charge in [0.1, 0.15) is 5.54 Å². The van der Waals surface area contributed by atoms with E-state index >= 15 is 0 Å². The SMILES string of the molecule is CN(CC1CCOCC1)CC(C)(N)C#N. The summed E-state index contributed by atoms with van der Waals surface area (Å²) < 4.78 is 5.31. The predicted molar refractivity (Wildman–Crippen MR) is 59.2 cm³/mol. The van der Waals surface area contributed by atoms with Crippen LogP contribution in [0.1, 0.15) is 19.8 Å². The Morgan fingerprint density at radius 3 is 2.67 bits per heavy atom. The first-order valence-electron chi connectivity index (χ1n) is 5.50. The van der Waals surface area contributed by atoms with Gasteiger partial charge in [0.2, 0.25) is 0 Å². The van der Waals surface area contributed by atoms with Crippen LogP contribution in [0.2, 0.25) is 0 Å². The Morgan fingerprint density at radius 1 is 1.53 bits per heavy atom. The van der Waals surface area contributed by atoms with Crippen LogP contribution in [0.5, 0.6) is 0 Å². The maximum absolute atomic E-state index is 8.83. The Labute approximate surface area is 92.0 Å². The lowest BCUT2D eigenvalue weighted by Crippen LogP contribution is -2.46. The number of nitrogens with two attached hydrogens (primary N) is 1. The van der Waals surface area contributed by atoms with Gasteiger partial charge in [0.05, 0.1) is 6.07 Å². The van der Waals surface area contributed by atoms with E-state index in [2.05, 4.69) is 11.0 Å². The molecule has 0 saturated carbocycles. The molecule has 1 unspecified atom stereocenters. The van der Waals surface area contributed by atoms with Crippen LogP contribution in [0.3, 0.4) is 0 Å². The van der Waals surface area contributed by atoms with Crippen LogP contribution in [-0.4, -0.2) is 43.8 Å². The van der Waals surface area contributed by atoms with Gasteiger partial charge in [-0.25, -0.2) is 0 Å². The lowest BCUT2D eigenvalue weighted by Gasteiger charge is -2.30. The maximum atomic E-state index is 8.83. The van der Waals surface area contributed by atoms with E-state index in [-0.39, 0.29) is 0 Å². The van der Waals surface area contributed by atoms with Crippen molar-refractivity contribution in [3.8, 4) is 6.07 Å². The fourth-order valence-electron chi connectivity index (χ4n) is 2.03. The topological polar surface area (TPSA) is 62.3 Å². The van der Waals surface area contributed by atoms with Crippen molar-refractivity contribution < 1.29 is 4.74 Å². The first kappa shape index (κ1) is 12.4. The van der Waals surface area contributed by atoms with E-state index in [1.54, 1.807) is 6.92 Å². The normalized spacial score (nSPS) is 22.3. The Balaban J connectivity index is 2.29. The third-order valence-electron chi connectivity index (χ3n) is 2.76. The number of nitriles is 1. The summed E-state index contributed by atoms with van der Waals surface area (Å²) in [5, 5.41) is 8.83. The number of likely N-dealkylation sites (N-methyl/N-ethyl adjacent to an activating group) is 1. The molecule has 1 heterocycles. The molecule has 0 aliphatic carbocycles. The van der Waals surface area contributed by atoms with Crippen molar-refractivity contribution >= 4 is 0 Å². The van der Waals surface area contributed by atoms with Crippen LogP contribution in [-0.2, 0) is 4.74 Å². The van der Waals surface area contributed by atoms with Crippen LogP contribution >= 0.6 is 0 Å². The van der Waals surface area contributed by atoms with E-state index in [1.165, 1.54) is 0 Å². The lowest BCUT2D eigenvalue weighted by molar-refractivity contribution is 0.0545. The molecule has 4 heteroatoms. The molecule has 4 nitrogen and oxygen atoms in total. The van der Waals surface area contributed by atoms with Crippen molar-refractivity contribution in [3.05, 3.63) is 0 Å². The molecule has 0 aromatic rings. The maximum Gasteiger partial charge on any atom is 0.114 e. The third-order valence-corrected chi connectivity index (χ3v) is 2.76. The molecular weight excluding hydrogens is 190 g/mol. The molecule has 1 atom stereocenters. The van der Waals surface area contributed by atoms with Gasteiger partial charge in [-0.2, -0.15) is 5.26 Å². The summed E-state index contributed by atoms with van der Waals surface area (Å²) >= 11 is 0. The zero-order chi connectivity index (χ0) is 11.3. The Morgan fingerprint density at radius 2 is 2.13 bits per heavy atom. The highest BCUT2D eigenvalue weighted by Crippen LogP contribution is 2.16. The smallest absolute Gasteiger partial charge is 0.114 e. The molecule has 15 heavy (non-hydrogen) atoms. The molecule has 2 N–H and O–H groups in total. The highest BCUT2D eigenvalue weighted by molar-refractivity contribution is 5.02. The van der Waals surface area contributed by atoms with Crippen LogP contribution in [0.4, 0.5) is 0 Å². The molecule has 0 bridgehead atoms. The van der Waals surface area contributed by atoms with E-state index in [0.29, 0.717) is 12.5 Å². The van der Waals surface area contributed by atoms with Crippen LogP contribution in [0, 0.1) is 17.2 Å². The highest BCUT2D eigenvalue weighted by atomic mass is 16.5. The van der Waals surface area contributed by atoms with Gasteiger partial charge in [0.15, 0.2) is 0 Å². The number of rotatable bonds is 4. The second-order valence-corrected chi connectivity index (χ2v) is 4.78. The summed E-state index contributed by atoms with van der Waals surface area (Å²) in [7, 11) is 2.03. The minimum atomic E-state index is -0.736. The summed E-state index contributed by atoms with van der Waals surface area (Å²) in [5.41, 5.74) is 5.06. The van der Waals surface area contributed by atoms with E-state index in [1.807, 2.05) is 7.05 Å². The standard InChI is InChI=1S/C11H21N3O/c1-11(13,8-12)9-14(2)7-10-3-5-15-6-4-10/h10H,3-7,9,13H2,1-2H3.